The molecule has 0 aliphatic heterocycles. The summed E-state index contributed by atoms with van der Waals surface area (Å²) in [6, 6.07) is 10.3. The number of carbonyl (C=O) groups excluding carboxylic acids is 1. The van der Waals surface area contributed by atoms with Crippen molar-refractivity contribution in [3.63, 3.8) is 0 Å². The van der Waals surface area contributed by atoms with Crippen molar-refractivity contribution < 1.29 is 14.6 Å². The number of aromatic hydroxyl groups is 1. The summed E-state index contributed by atoms with van der Waals surface area (Å²) in [4.78, 5) is 16.1. The third-order valence-electron chi connectivity index (χ3n) is 3.46. The van der Waals surface area contributed by atoms with Gasteiger partial charge in [0.05, 0.1) is 24.9 Å². The number of azo groups is 1. The Morgan fingerprint density at radius 2 is 2.12 bits per heavy atom. The van der Waals surface area contributed by atoms with Crippen LogP contribution in [0, 0.1) is 6.92 Å². The van der Waals surface area contributed by atoms with E-state index >= 15 is 0 Å². The first-order valence-corrected chi connectivity index (χ1v) is 7.32. The molecule has 0 amide bonds. The Kier molecular flexibility index (Phi) is 4.24. The monoisotopic (exact) mass is 324 g/mol. The highest BCUT2D eigenvalue weighted by Gasteiger charge is 2.16. The molecule has 7 nitrogen and oxygen atoms in total. The third kappa shape index (κ3) is 3.24. The van der Waals surface area contributed by atoms with Gasteiger partial charge in [0, 0.05) is 12.3 Å². The van der Waals surface area contributed by atoms with Gasteiger partial charge in [-0.3, -0.25) is 9.20 Å². The summed E-state index contributed by atoms with van der Waals surface area (Å²) < 4.78 is 6.48. The molecule has 0 radical (unpaired) electrons. The van der Waals surface area contributed by atoms with Crippen LogP contribution in [0.2, 0.25) is 0 Å². The Labute approximate surface area is 138 Å². The van der Waals surface area contributed by atoms with Gasteiger partial charge in [-0.05, 0) is 36.8 Å². The van der Waals surface area contributed by atoms with E-state index in [2.05, 4.69) is 15.2 Å². The van der Waals surface area contributed by atoms with Crippen molar-refractivity contribution in [3.05, 3.63) is 53.9 Å². The number of pyridine rings is 1. The number of ether oxygens (including phenoxy) is 1. The van der Waals surface area contributed by atoms with Gasteiger partial charge in [-0.25, -0.2) is 4.98 Å². The maximum Gasteiger partial charge on any atom is 0.311 e. The molecule has 24 heavy (non-hydrogen) atoms. The van der Waals surface area contributed by atoms with Crippen LogP contribution in [0.1, 0.15) is 11.3 Å². The van der Waals surface area contributed by atoms with Gasteiger partial charge in [0.15, 0.2) is 5.82 Å². The van der Waals surface area contributed by atoms with Crippen LogP contribution in [-0.4, -0.2) is 27.6 Å². The van der Waals surface area contributed by atoms with Crippen LogP contribution < -0.4 is 0 Å². The number of fused-ring (bicyclic) bond motifs is 1. The summed E-state index contributed by atoms with van der Waals surface area (Å²) in [5.41, 5.74) is 2.71. The minimum atomic E-state index is -0.399. The molecule has 0 atom stereocenters. The normalized spacial score (nSPS) is 11.2. The average Bonchev–Trinajstić information content (AvgIpc) is 2.89. The first kappa shape index (κ1) is 15.7. The Morgan fingerprint density at radius 3 is 2.88 bits per heavy atom. The highest BCUT2D eigenvalue weighted by atomic mass is 16.5. The maximum absolute atomic E-state index is 11.6. The van der Waals surface area contributed by atoms with E-state index in [1.165, 1.54) is 13.2 Å². The van der Waals surface area contributed by atoms with Crippen LogP contribution in [0.3, 0.4) is 0 Å². The van der Waals surface area contributed by atoms with Crippen molar-refractivity contribution in [1.82, 2.24) is 9.38 Å². The zero-order valence-electron chi connectivity index (χ0n) is 13.3. The number of esters is 1. The standard InChI is InChI=1S/C17H16N4O3/c1-11-6-7-21-15(8-11)18-14(10-16(23)24-2)17(21)20-19-12-4-3-5-13(22)9-12/h3-9,22H,10H2,1-2H3. The molecule has 2 heterocycles. The van der Waals surface area contributed by atoms with Crippen LogP contribution in [0.4, 0.5) is 11.5 Å². The van der Waals surface area contributed by atoms with Gasteiger partial charge in [0.25, 0.3) is 0 Å². The predicted octanol–water partition coefficient (Wildman–Crippen LogP) is 3.48. The number of phenolic OH excluding ortho intramolecular Hbond substituents is 1. The molecular formula is C17H16N4O3. The van der Waals surface area contributed by atoms with Crippen molar-refractivity contribution in [2.45, 2.75) is 13.3 Å². The number of nitrogens with zero attached hydrogens (tertiary/aromatic N) is 4. The molecule has 0 fully saturated rings. The lowest BCUT2D eigenvalue weighted by Crippen LogP contribution is -2.04. The van der Waals surface area contributed by atoms with Crippen LogP contribution in [-0.2, 0) is 16.0 Å². The predicted molar refractivity (Wildman–Crippen MR) is 87.9 cm³/mol. The first-order valence-electron chi connectivity index (χ1n) is 7.32. The molecule has 0 unspecified atom stereocenters. The van der Waals surface area contributed by atoms with Crippen molar-refractivity contribution >= 4 is 23.1 Å². The molecule has 122 valence electrons. The van der Waals surface area contributed by atoms with E-state index in [1.54, 1.807) is 22.6 Å². The van der Waals surface area contributed by atoms with Crippen LogP contribution in [0.15, 0.2) is 52.8 Å². The molecular weight excluding hydrogens is 308 g/mol. The molecule has 0 aliphatic rings. The SMILES string of the molecule is COC(=O)Cc1nc2cc(C)ccn2c1N=Nc1cccc(O)c1. The highest BCUT2D eigenvalue weighted by Crippen LogP contribution is 2.26. The zero-order valence-corrected chi connectivity index (χ0v) is 13.3. The number of rotatable bonds is 4. The number of hydrogen-bond acceptors (Lipinski definition) is 6. The lowest BCUT2D eigenvalue weighted by atomic mass is 10.3. The Bertz CT molecular complexity index is 931. The molecule has 0 aliphatic carbocycles. The Balaban J connectivity index is 2.06. The second kappa shape index (κ2) is 6.49. The van der Waals surface area contributed by atoms with Crippen LogP contribution in [0.5, 0.6) is 5.75 Å². The third-order valence-corrected chi connectivity index (χ3v) is 3.46. The number of phenols is 1. The number of hydrogen-bond donors (Lipinski definition) is 1. The zero-order chi connectivity index (χ0) is 17.1. The van der Waals surface area contributed by atoms with Gasteiger partial charge >= 0.3 is 5.97 Å². The number of benzene rings is 1. The molecule has 0 bridgehead atoms. The van der Waals surface area contributed by atoms with Crippen molar-refractivity contribution in [2.75, 3.05) is 7.11 Å². The molecule has 1 aromatic carbocycles. The highest BCUT2D eigenvalue weighted by molar-refractivity contribution is 5.74. The lowest BCUT2D eigenvalue weighted by Gasteiger charge is -1.99. The number of aromatic nitrogens is 2. The van der Waals surface area contributed by atoms with Crippen LogP contribution in [0.25, 0.3) is 5.65 Å². The lowest BCUT2D eigenvalue weighted by molar-refractivity contribution is -0.139. The molecule has 2 aromatic heterocycles. The molecule has 0 saturated heterocycles. The summed E-state index contributed by atoms with van der Waals surface area (Å²) in [5, 5.41) is 17.9. The van der Waals surface area contributed by atoms with Crippen molar-refractivity contribution in [1.29, 1.82) is 0 Å². The van der Waals surface area contributed by atoms with Gasteiger partial charge in [-0.1, -0.05) is 6.07 Å². The second-order valence-electron chi connectivity index (χ2n) is 5.29. The molecule has 0 spiro atoms. The second-order valence-corrected chi connectivity index (χ2v) is 5.29. The average molecular weight is 324 g/mol. The fourth-order valence-electron chi connectivity index (χ4n) is 2.28. The summed E-state index contributed by atoms with van der Waals surface area (Å²) in [5.74, 6) is 0.165. The fourth-order valence-corrected chi connectivity index (χ4v) is 2.28. The summed E-state index contributed by atoms with van der Waals surface area (Å²) in [6.07, 6.45) is 1.83. The van der Waals surface area contributed by atoms with E-state index < -0.39 is 5.97 Å². The Hall–Kier alpha value is -3.22. The van der Waals surface area contributed by atoms with Gasteiger partial charge < -0.3 is 9.84 Å². The van der Waals surface area contributed by atoms with E-state index in [-0.39, 0.29) is 12.2 Å². The maximum atomic E-state index is 11.6. The van der Waals surface area contributed by atoms with Gasteiger partial charge in [0.2, 0.25) is 0 Å². The summed E-state index contributed by atoms with van der Waals surface area (Å²) >= 11 is 0. The number of aryl methyl sites for hydroxylation is 1. The first-order chi connectivity index (χ1) is 11.6. The smallest absolute Gasteiger partial charge is 0.311 e. The molecule has 3 aromatic rings. The summed E-state index contributed by atoms with van der Waals surface area (Å²) in [6.45, 7) is 1.96. The van der Waals surface area contributed by atoms with Gasteiger partial charge in [0.1, 0.15) is 11.4 Å². The van der Waals surface area contributed by atoms with E-state index in [1.807, 2.05) is 25.3 Å². The van der Waals surface area contributed by atoms with Gasteiger partial charge in [-0.2, -0.15) is 0 Å². The van der Waals surface area contributed by atoms with Crippen molar-refractivity contribution in [2.24, 2.45) is 10.2 Å². The summed E-state index contributed by atoms with van der Waals surface area (Å²) in [7, 11) is 1.33. The van der Waals surface area contributed by atoms with Crippen molar-refractivity contribution in [3.8, 4) is 5.75 Å². The van der Waals surface area contributed by atoms with E-state index in [4.69, 9.17) is 4.74 Å². The number of imidazole rings is 1. The fraction of sp³-hybridized carbons (Fsp3) is 0.176. The minimum absolute atomic E-state index is 0.00558. The van der Waals surface area contributed by atoms with Crippen LogP contribution >= 0.6 is 0 Å². The quantitative estimate of drug-likeness (QED) is 0.588. The molecule has 1 N–H and O–H groups in total. The van der Waals surface area contributed by atoms with E-state index in [0.717, 1.165) is 5.56 Å². The Morgan fingerprint density at radius 1 is 1.29 bits per heavy atom. The topological polar surface area (TPSA) is 88.5 Å². The molecule has 7 heteroatoms. The largest absolute Gasteiger partial charge is 0.508 e. The molecule has 3 rings (SSSR count). The van der Waals surface area contributed by atoms with E-state index in [9.17, 15) is 9.90 Å². The number of carbonyl (C=O) groups is 1. The van der Waals surface area contributed by atoms with Gasteiger partial charge in [-0.15, -0.1) is 10.2 Å². The van der Waals surface area contributed by atoms with E-state index in [0.29, 0.717) is 22.8 Å². The minimum Gasteiger partial charge on any atom is -0.508 e. The number of methoxy groups -OCH3 is 1. The molecule has 0 saturated carbocycles.